The van der Waals surface area contributed by atoms with Gasteiger partial charge in [-0.1, -0.05) is 30.5 Å². The molecule has 1 N–H and O–H groups in total. The van der Waals surface area contributed by atoms with Gasteiger partial charge in [-0.15, -0.1) is 0 Å². The maximum Gasteiger partial charge on any atom is 0.243 e. The van der Waals surface area contributed by atoms with Crippen molar-refractivity contribution >= 4 is 21.7 Å². The molecule has 0 atom stereocenters. The Labute approximate surface area is 208 Å². The van der Waals surface area contributed by atoms with Gasteiger partial charge in [0, 0.05) is 31.4 Å². The van der Waals surface area contributed by atoms with E-state index in [4.69, 9.17) is 0 Å². The normalized spacial score (nSPS) is 18.3. The van der Waals surface area contributed by atoms with E-state index in [-0.39, 0.29) is 12.5 Å². The number of aryl methyl sites for hydroxylation is 1. The highest BCUT2D eigenvalue weighted by Crippen LogP contribution is 2.37. The first-order chi connectivity index (χ1) is 16.7. The van der Waals surface area contributed by atoms with E-state index < -0.39 is 10.0 Å². The number of nitrogens with one attached hydrogen (secondary N) is 1. The molecule has 1 aliphatic heterocycles. The Morgan fingerprint density at radius 2 is 1.71 bits per heavy atom. The molecule has 0 radical (unpaired) electrons. The standard InChI is InChI=1S/C26H35N5O3S/c1-19-9-11-23(12-10-19)35(33,34)30-14-6-13-29(15-16-30)18-25(32)28-26-24(17-27)20(2)21(3)31(26)22-7-4-5-8-22/h9-12,22H,4-8,13-16,18H2,1-3H3,(H,28,32). The van der Waals surface area contributed by atoms with Crippen molar-refractivity contribution in [3.63, 3.8) is 0 Å². The number of amides is 1. The lowest BCUT2D eigenvalue weighted by atomic mass is 10.2. The minimum Gasteiger partial charge on any atom is -0.327 e. The third-order valence-corrected chi connectivity index (χ3v) is 9.30. The number of nitriles is 1. The number of hydrogen-bond donors (Lipinski definition) is 1. The molecule has 2 heterocycles. The smallest absolute Gasteiger partial charge is 0.243 e. The number of sulfonamides is 1. The predicted octanol–water partition coefficient (Wildman–Crippen LogP) is 3.74. The zero-order valence-corrected chi connectivity index (χ0v) is 21.7. The van der Waals surface area contributed by atoms with Crippen molar-refractivity contribution in [1.82, 2.24) is 13.8 Å². The van der Waals surface area contributed by atoms with E-state index in [1.807, 2.05) is 37.8 Å². The van der Waals surface area contributed by atoms with Gasteiger partial charge in [0.15, 0.2) is 0 Å². The second kappa shape index (κ2) is 10.5. The molecule has 8 nitrogen and oxygen atoms in total. The van der Waals surface area contributed by atoms with Crippen molar-refractivity contribution in [2.45, 2.75) is 63.8 Å². The minimum atomic E-state index is -3.56. The molecule has 35 heavy (non-hydrogen) atoms. The fourth-order valence-electron chi connectivity index (χ4n) is 5.29. The number of carbonyl (C=O) groups is 1. The van der Waals surface area contributed by atoms with Crippen molar-refractivity contribution in [1.29, 1.82) is 5.26 Å². The highest BCUT2D eigenvalue weighted by Gasteiger charge is 2.29. The maximum absolute atomic E-state index is 13.1. The Balaban J connectivity index is 1.43. The lowest BCUT2D eigenvalue weighted by Gasteiger charge is -2.22. The van der Waals surface area contributed by atoms with Crippen molar-refractivity contribution in [3.8, 4) is 6.07 Å². The van der Waals surface area contributed by atoms with Crippen LogP contribution in [0, 0.1) is 32.1 Å². The van der Waals surface area contributed by atoms with Crippen molar-refractivity contribution in [3.05, 3.63) is 46.6 Å². The molecule has 9 heteroatoms. The predicted molar refractivity (Wildman–Crippen MR) is 136 cm³/mol. The SMILES string of the molecule is Cc1ccc(S(=O)(=O)N2CCCN(CC(=O)Nc3c(C#N)c(C)c(C)n3C3CCCC3)CC2)cc1. The van der Waals surface area contributed by atoms with Gasteiger partial charge in [0.25, 0.3) is 0 Å². The first kappa shape index (κ1) is 25.4. The van der Waals surface area contributed by atoms with Crippen LogP contribution in [0.3, 0.4) is 0 Å². The lowest BCUT2D eigenvalue weighted by molar-refractivity contribution is -0.117. The summed E-state index contributed by atoms with van der Waals surface area (Å²) < 4.78 is 29.8. The van der Waals surface area contributed by atoms with Gasteiger partial charge < -0.3 is 9.88 Å². The molecule has 188 valence electrons. The zero-order chi connectivity index (χ0) is 25.2. The summed E-state index contributed by atoms with van der Waals surface area (Å²) in [4.78, 5) is 15.4. The van der Waals surface area contributed by atoms with Crippen LogP contribution in [0.2, 0.25) is 0 Å². The molecule has 1 saturated heterocycles. The third-order valence-electron chi connectivity index (χ3n) is 7.39. The molecular formula is C26H35N5O3S. The van der Waals surface area contributed by atoms with Crippen LogP contribution in [-0.4, -0.2) is 60.8 Å². The van der Waals surface area contributed by atoms with Crippen LogP contribution in [0.15, 0.2) is 29.2 Å². The molecule has 1 aromatic heterocycles. The van der Waals surface area contributed by atoms with E-state index in [1.165, 1.54) is 4.31 Å². The van der Waals surface area contributed by atoms with Crippen molar-refractivity contribution < 1.29 is 13.2 Å². The summed E-state index contributed by atoms with van der Waals surface area (Å²) in [5, 5.41) is 12.8. The monoisotopic (exact) mass is 497 g/mol. The zero-order valence-electron chi connectivity index (χ0n) is 20.9. The largest absolute Gasteiger partial charge is 0.327 e. The molecule has 0 bridgehead atoms. The number of rotatable bonds is 6. The first-order valence-electron chi connectivity index (χ1n) is 12.4. The van der Waals surface area contributed by atoms with Crippen molar-refractivity contribution in [2.75, 3.05) is 38.0 Å². The second-order valence-corrected chi connectivity index (χ2v) is 11.7. The Morgan fingerprint density at radius 1 is 1.03 bits per heavy atom. The van der Waals surface area contributed by atoms with Gasteiger partial charge in [0.1, 0.15) is 11.9 Å². The molecule has 1 aliphatic carbocycles. The summed E-state index contributed by atoms with van der Waals surface area (Å²) in [5.41, 5.74) is 3.51. The number of benzene rings is 1. The number of anilines is 1. The van der Waals surface area contributed by atoms with E-state index in [0.717, 1.165) is 42.5 Å². The first-order valence-corrected chi connectivity index (χ1v) is 13.9. The molecule has 2 aliphatic rings. The van der Waals surface area contributed by atoms with Crippen LogP contribution in [0.4, 0.5) is 5.82 Å². The van der Waals surface area contributed by atoms with Gasteiger partial charge >= 0.3 is 0 Å². The van der Waals surface area contributed by atoms with Crippen LogP contribution in [0.5, 0.6) is 0 Å². The quantitative estimate of drug-likeness (QED) is 0.656. The third kappa shape index (κ3) is 5.30. The molecule has 1 aromatic carbocycles. The molecule has 4 rings (SSSR count). The summed E-state index contributed by atoms with van der Waals surface area (Å²) in [5.74, 6) is 0.436. The van der Waals surface area contributed by atoms with E-state index in [2.05, 4.69) is 16.0 Å². The number of hydrogen-bond acceptors (Lipinski definition) is 5. The highest BCUT2D eigenvalue weighted by atomic mass is 32.2. The molecule has 0 spiro atoms. The lowest BCUT2D eigenvalue weighted by Crippen LogP contribution is -2.38. The fraction of sp³-hybridized carbons (Fsp3) is 0.538. The minimum absolute atomic E-state index is 0.164. The van der Waals surface area contributed by atoms with Crippen LogP contribution in [0.25, 0.3) is 0 Å². The molecule has 2 aromatic rings. The van der Waals surface area contributed by atoms with Crippen molar-refractivity contribution in [2.24, 2.45) is 0 Å². The van der Waals surface area contributed by atoms with Gasteiger partial charge in [-0.2, -0.15) is 9.57 Å². The van der Waals surface area contributed by atoms with Crippen LogP contribution >= 0.6 is 0 Å². The molecule has 0 unspecified atom stereocenters. The maximum atomic E-state index is 13.1. The van der Waals surface area contributed by atoms with Gasteiger partial charge in [-0.25, -0.2) is 8.42 Å². The van der Waals surface area contributed by atoms with Crippen LogP contribution in [-0.2, 0) is 14.8 Å². The summed E-state index contributed by atoms with van der Waals surface area (Å²) in [6.45, 7) is 7.93. The summed E-state index contributed by atoms with van der Waals surface area (Å²) >= 11 is 0. The van der Waals surface area contributed by atoms with E-state index in [1.54, 1.807) is 12.1 Å². The Morgan fingerprint density at radius 3 is 2.37 bits per heavy atom. The number of carbonyl (C=O) groups excluding carboxylic acids is 1. The average Bonchev–Trinajstić information content (AvgIpc) is 3.34. The van der Waals surface area contributed by atoms with Crippen LogP contribution < -0.4 is 5.32 Å². The van der Waals surface area contributed by atoms with Gasteiger partial charge in [0.2, 0.25) is 15.9 Å². The topological polar surface area (TPSA) is 98.4 Å². The fourth-order valence-corrected chi connectivity index (χ4v) is 6.76. The summed E-state index contributed by atoms with van der Waals surface area (Å²) in [7, 11) is -3.56. The molecule has 1 amide bonds. The number of aromatic nitrogens is 1. The average molecular weight is 498 g/mol. The summed E-state index contributed by atoms with van der Waals surface area (Å²) in [6.07, 6.45) is 5.08. The second-order valence-electron chi connectivity index (χ2n) is 9.75. The number of nitrogens with zero attached hydrogens (tertiary/aromatic N) is 4. The van der Waals surface area contributed by atoms with E-state index in [9.17, 15) is 18.5 Å². The van der Waals surface area contributed by atoms with Gasteiger partial charge in [-0.05, 0) is 64.3 Å². The van der Waals surface area contributed by atoms with Gasteiger partial charge in [0.05, 0.1) is 17.0 Å². The van der Waals surface area contributed by atoms with E-state index in [0.29, 0.717) is 54.9 Å². The molecule has 2 fully saturated rings. The Kier molecular flexibility index (Phi) is 7.64. The van der Waals surface area contributed by atoms with E-state index >= 15 is 0 Å². The summed E-state index contributed by atoms with van der Waals surface area (Å²) in [6, 6.07) is 9.51. The highest BCUT2D eigenvalue weighted by molar-refractivity contribution is 7.89. The van der Waals surface area contributed by atoms with Gasteiger partial charge in [-0.3, -0.25) is 9.69 Å². The Hall–Kier alpha value is -2.67. The molecule has 1 saturated carbocycles. The molecular weight excluding hydrogens is 462 g/mol. The van der Waals surface area contributed by atoms with Crippen LogP contribution in [0.1, 0.15) is 60.5 Å². The Bertz CT molecular complexity index is 1220.